The van der Waals surface area contributed by atoms with Gasteiger partial charge in [-0.1, -0.05) is 40.2 Å². The first kappa shape index (κ1) is 12.6. The second-order valence-corrected chi connectivity index (χ2v) is 5.23. The van der Waals surface area contributed by atoms with Crippen molar-refractivity contribution in [2.24, 2.45) is 0 Å². The number of benzene rings is 2. The fourth-order valence-corrected chi connectivity index (χ4v) is 2.84. The van der Waals surface area contributed by atoms with E-state index in [0.29, 0.717) is 0 Å². The van der Waals surface area contributed by atoms with E-state index in [4.69, 9.17) is 11.6 Å². The first-order valence-corrected chi connectivity index (χ1v) is 6.46. The molecule has 88 valence electrons. The van der Waals surface area contributed by atoms with Gasteiger partial charge >= 0.3 is 0 Å². The minimum Gasteiger partial charge on any atom is -0.207 e. The SMILES string of the molecule is Cc1ccc(C(Cl)c2ccc(F)cc2)c(Br)c1. The fourth-order valence-electron chi connectivity index (χ4n) is 1.65. The molecule has 0 amide bonds. The summed E-state index contributed by atoms with van der Waals surface area (Å²) in [6, 6.07) is 12.3. The molecular formula is C14H11BrClF. The third kappa shape index (κ3) is 2.88. The number of aryl methyl sites for hydroxylation is 1. The minimum absolute atomic E-state index is 0.249. The van der Waals surface area contributed by atoms with Gasteiger partial charge in [-0.15, -0.1) is 11.6 Å². The standard InChI is InChI=1S/C14H11BrClF/c1-9-2-7-12(13(15)8-9)14(16)10-3-5-11(17)6-4-10/h2-8,14H,1H3. The van der Waals surface area contributed by atoms with E-state index in [1.165, 1.54) is 17.7 Å². The Morgan fingerprint density at radius 2 is 1.76 bits per heavy atom. The van der Waals surface area contributed by atoms with E-state index in [9.17, 15) is 4.39 Å². The van der Waals surface area contributed by atoms with Gasteiger partial charge in [0.2, 0.25) is 0 Å². The number of rotatable bonds is 2. The van der Waals surface area contributed by atoms with Gasteiger partial charge in [-0.05, 0) is 41.8 Å². The smallest absolute Gasteiger partial charge is 0.123 e. The van der Waals surface area contributed by atoms with Gasteiger partial charge in [-0.25, -0.2) is 4.39 Å². The van der Waals surface area contributed by atoms with E-state index in [0.717, 1.165) is 15.6 Å². The van der Waals surface area contributed by atoms with Crippen LogP contribution in [0.4, 0.5) is 4.39 Å². The molecule has 1 atom stereocenters. The number of hydrogen-bond donors (Lipinski definition) is 0. The van der Waals surface area contributed by atoms with Gasteiger partial charge in [0.15, 0.2) is 0 Å². The van der Waals surface area contributed by atoms with Crippen LogP contribution in [0.15, 0.2) is 46.9 Å². The topological polar surface area (TPSA) is 0 Å². The first-order chi connectivity index (χ1) is 8.08. The summed E-state index contributed by atoms with van der Waals surface area (Å²) in [4.78, 5) is 0. The lowest BCUT2D eigenvalue weighted by Gasteiger charge is -2.12. The lowest BCUT2D eigenvalue weighted by atomic mass is 10.0. The van der Waals surface area contributed by atoms with E-state index in [1.54, 1.807) is 12.1 Å². The van der Waals surface area contributed by atoms with Crippen molar-refractivity contribution in [2.75, 3.05) is 0 Å². The van der Waals surface area contributed by atoms with Crippen LogP contribution in [0.1, 0.15) is 22.1 Å². The molecule has 2 aromatic rings. The van der Waals surface area contributed by atoms with E-state index in [-0.39, 0.29) is 11.2 Å². The van der Waals surface area contributed by atoms with Gasteiger partial charge in [0.1, 0.15) is 5.82 Å². The van der Waals surface area contributed by atoms with Crippen molar-refractivity contribution in [1.29, 1.82) is 0 Å². The van der Waals surface area contributed by atoms with Crippen LogP contribution in [0.2, 0.25) is 0 Å². The van der Waals surface area contributed by atoms with Crippen LogP contribution in [0.3, 0.4) is 0 Å². The first-order valence-electron chi connectivity index (χ1n) is 5.23. The summed E-state index contributed by atoms with van der Waals surface area (Å²) in [6.45, 7) is 2.02. The molecule has 0 saturated carbocycles. The summed E-state index contributed by atoms with van der Waals surface area (Å²) >= 11 is 9.89. The molecule has 3 heteroatoms. The van der Waals surface area contributed by atoms with Crippen LogP contribution >= 0.6 is 27.5 Å². The average Bonchev–Trinajstić information content (AvgIpc) is 2.29. The molecule has 0 aliphatic heterocycles. The fraction of sp³-hybridized carbons (Fsp3) is 0.143. The molecule has 2 rings (SSSR count). The maximum absolute atomic E-state index is 12.8. The highest BCUT2D eigenvalue weighted by atomic mass is 79.9. The molecule has 17 heavy (non-hydrogen) atoms. The molecule has 0 nitrogen and oxygen atoms in total. The number of hydrogen-bond acceptors (Lipinski definition) is 0. The lowest BCUT2D eigenvalue weighted by Crippen LogP contribution is -1.95. The monoisotopic (exact) mass is 312 g/mol. The summed E-state index contributed by atoms with van der Waals surface area (Å²) in [6.07, 6.45) is 0. The molecule has 0 aromatic heterocycles. The van der Waals surface area contributed by atoms with E-state index >= 15 is 0 Å². The Morgan fingerprint density at radius 3 is 2.35 bits per heavy atom. The summed E-state index contributed by atoms with van der Waals surface area (Å²) in [5.74, 6) is -0.249. The highest BCUT2D eigenvalue weighted by Crippen LogP contribution is 2.34. The van der Waals surface area contributed by atoms with Gasteiger partial charge in [0.05, 0.1) is 5.38 Å². The zero-order chi connectivity index (χ0) is 12.4. The van der Waals surface area contributed by atoms with Crippen LogP contribution in [-0.4, -0.2) is 0 Å². The zero-order valence-corrected chi connectivity index (χ0v) is 11.6. The summed E-state index contributed by atoms with van der Waals surface area (Å²) in [5.41, 5.74) is 3.05. The molecule has 0 spiro atoms. The molecule has 0 bridgehead atoms. The highest BCUT2D eigenvalue weighted by Gasteiger charge is 2.13. The molecule has 0 heterocycles. The van der Waals surface area contributed by atoms with Gasteiger partial charge in [-0.2, -0.15) is 0 Å². The second kappa shape index (κ2) is 5.19. The third-order valence-electron chi connectivity index (χ3n) is 2.59. The van der Waals surface area contributed by atoms with E-state index in [2.05, 4.69) is 15.9 Å². The van der Waals surface area contributed by atoms with Crippen LogP contribution < -0.4 is 0 Å². The third-order valence-corrected chi connectivity index (χ3v) is 3.77. The maximum atomic E-state index is 12.8. The lowest BCUT2D eigenvalue weighted by molar-refractivity contribution is 0.627. The van der Waals surface area contributed by atoms with Crippen molar-refractivity contribution in [3.8, 4) is 0 Å². The zero-order valence-electron chi connectivity index (χ0n) is 9.25. The van der Waals surface area contributed by atoms with Crippen LogP contribution in [0, 0.1) is 12.7 Å². The van der Waals surface area contributed by atoms with Crippen molar-refractivity contribution < 1.29 is 4.39 Å². The molecular weight excluding hydrogens is 303 g/mol. The van der Waals surface area contributed by atoms with Crippen molar-refractivity contribution in [1.82, 2.24) is 0 Å². The van der Waals surface area contributed by atoms with Crippen molar-refractivity contribution in [2.45, 2.75) is 12.3 Å². The van der Waals surface area contributed by atoms with Gasteiger partial charge in [0, 0.05) is 4.47 Å². The molecule has 2 aromatic carbocycles. The van der Waals surface area contributed by atoms with E-state index < -0.39 is 0 Å². The largest absolute Gasteiger partial charge is 0.207 e. The van der Waals surface area contributed by atoms with Gasteiger partial charge in [0.25, 0.3) is 0 Å². The Labute approximate surface area is 114 Å². The Kier molecular flexibility index (Phi) is 3.85. The molecule has 1 unspecified atom stereocenters. The predicted molar refractivity (Wildman–Crippen MR) is 73.0 cm³/mol. The number of halogens is 3. The summed E-state index contributed by atoms with van der Waals surface area (Å²) in [5, 5.41) is -0.273. The Hall–Kier alpha value is -0.860. The Bertz CT molecular complexity index is 522. The van der Waals surface area contributed by atoms with Gasteiger partial charge < -0.3 is 0 Å². The molecule has 0 N–H and O–H groups in total. The highest BCUT2D eigenvalue weighted by molar-refractivity contribution is 9.10. The Morgan fingerprint density at radius 1 is 1.12 bits per heavy atom. The number of alkyl halides is 1. The Balaban J connectivity index is 2.36. The summed E-state index contributed by atoms with van der Waals surface area (Å²) in [7, 11) is 0. The average molecular weight is 314 g/mol. The minimum atomic E-state index is -0.273. The molecule has 0 radical (unpaired) electrons. The molecule has 0 saturated heterocycles. The quantitative estimate of drug-likeness (QED) is 0.666. The second-order valence-electron chi connectivity index (χ2n) is 3.94. The normalized spacial score (nSPS) is 12.5. The van der Waals surface area contributed by atoms with Crippen LogP contribution in [0.25, 0.3) is 0 Å². The predicted octanol–water partition coefficient (Wildman–Crippen LogP) is 5.22. The molecule has 0 aliphatic carbocycles. The molecule has 0 aliphatic rings. The summed E-state index contributed by atoms with van der Waals surface area (Å²) < 4.78 is 13.8. The maximum Gasteiger partial charge on any atom is 0.123 e. The van der Waals surface area contributed by atoms with Crippen molar-refractivity contribution in [3.05, 3.63) is 69.4 Å². The molecule has 0 fully saturated rings. The van der Waals surface area contributed by atoms with E-state index in [1.807, 2.05) is 25.1 Å². The van der Waals surface area contributed by atoms with Crippen molar-refractivity contribution >= 4 is 27.5 Å². The van der Waals surface area contributed by atoms with Gasteiger partial charge in [-0.3, -0.25) is 0 Å². The van der Waals surface area contributed by atoms with Crippen molar-refractivity contribution in [3.63, 3.8) is 0 Å². The van der Waals surface area contributed by atoms with Crippen LogP contribution in [-0.2, 0) is 0 Å². The van der Waals surface area contributed by atoms with Crippen LogP contribution in [0.5, 0.6) is 0 Å².